The fraction of sp³-hybridized carbons (Fsp3) is 0.250. The minimum absolute atomic E-state index is 0.0359. The number of carbonyl (C=O) groups excluding carboxylic acids is 1. The molecule has 0 atom stereocenters. The number of ether oxygens (including phenoxy) is 1. The Balaban J connectivity index is 2.66. The van der Waals surface area contributed by atoms with Crippen molar-refractivity contribution >= 4 is 11.7 Å². The summed E-state index contributed by atoms with van der Waals surface area (Å²) in [6, 6.07) is 4.50. The summed E-state index contributed by atoms with van der Waals surface area (Å²) in [4.78, 5) is 11.0. The molecule has 0 heterocycles. The van der Waals surface area contributed by atoms with Crippen LogP contribution in [0.3, 0.4) is 0 Å². The van der Waals surface area contributed by atoms with E-state index in [1.54, 1.807) is 13.0 Å². The third-order valence-electron chi connectivity index (χ3n) is 1.80. The predicted molar refractivity (Wildman–Crippen MR) is 60.6 cm³/mol. The fourth-order valence-corrected chi connectivity index (χ4v) is 1.09. The van der Waals surface area contributed by atoms with Crippen LogP contribution in [-0.2, 0) is 9.53 Å². The summed E-state index contributed by atoms with van der Waals surface area (Å²) < 4.78 is 4.72. The number of nitrogens with two attached hydrogens (primary N) is 1. The highest BCUT2D eigenvalue weighted by Crippen LogP contribution is 2.17. The molecule has 0 radical (unpaired) electrons. The van der Waals surface area contributed by atoms with E-state index in [0.29, 0.717) is 17.9 Å². The second kappa shape index (κ2) is 5.66. The number of phenolic OH excluding ortho intramolecular Hbond substituents is 1. The van der Waals surface area contributed by atoms with Crippen molar-refractivity contribution in [1.82, 2.24) is 0 Å². The number of hydrogen-bond acceptors (Lipinski definition) is 4. The van der Waals surface area contributed by atoms with Gasteiger partial charge in [-0.3, -0.25) is 4.79 Å². The highest BCUT2D eigenvalue weighted by molar-refractivity contribution is 5.73. The van der Waals surface area contributed by atoms with Crippen LogP contribution < -0.4 is 5.73 Å². The molecule has 0 saturated heterocycles. The molecule has 0 bridgehead atoms. The molecule has 0 aromatic heterocycles. The summed E-state index contributed by atoms with van der Waals surface area (Å²) in [6.07, 6.45) is 0.0359. The monoisotopic (exact) mass is 219 g/mol. The van der Waals surface area contributed by atoms with Crippen LogP contribution in [0.1, 0.15) is 18.9 Å². The van der Waals surface area contributed by atoms with Gasteiger partial charge in [-0.2, -0.15) is 0 Å². The van der Waals surface area contributed by atoms with E-state index < -0.39 is 0 Å². The molecule has 1 aromatic rings. The molecule has 0 aliphatic heterocycles. The third kappa shape index (κ3) is 3.54. The molecule has 16 heavy (non-hydrogen) atoms. The molecule has 0 aliphatic carbocycles. The largest absolute Gasteiger partial charge is 0.508 e. The van der Waals surface area contributed by atoms with Gasteiger partial charge in [0.25, 0.3) is 0 Å². The Bertz CT molecular complexity index is 443. The zero-order valence-electron chi connectivity index (χ0n) is 8.99. The number of anilines is 1. The second-order valence-corrected chi connectivity index (χ2v) is 3.06. The fourth-order valence-electron chi connectivity index (χ4n) is 1.09. The maximum Gasteiger partial charge on any atom is 0.317 e. The summed E-state index contributed by atoms with van der Waals surface area (Å²) in [5.74, 6) is 5.14. The molecule has 4 nitrogen and oxygen atoms in total. The first-order chi connectivity index (χ1) is 7.63. The van der Waals surface area contributed by atoms with Crippen molar-refractivity contribution in [3.05, 3.63) is 23.8 Å². The van der Waals surface area contributed by atoms with E-state index in [1.165, 1.54) is 12.1 Å². The van der Waals surface area contributed by atoms with Crippen LogP contribution in [0.5, 0.6) is 5.75 Å². The maximum absolute atomic E-state index is 11.0. The Kier molecular flexibility index (Phi) is 4.22. The van der Waals surface area contributed by atoms with Gasteiger partial charge in [-0.25, -0.2) is 0 Å². The minimum Gasteiger partial charge on any atom is -0.508 e. The van der Waals surface area contributed by atoms with Crippen molar-refractivity contribution < 1.29 is 14.6 Å². The Morgan fingerprint density at radius 2 is 2.31 bits per heavy atom. The number of nitrogen functional groups attached to an aromatic ring is 1. The molecule has 3 N–H and O–H groups in total. The van der Waals surface area contributed by atoms with Crippen LogP contribution in [0.25, 0.3) is 0 Å². The Labute approximate surface area is 94.0 Å². The molecule has 1 aromatic carbocycles. The van der Waals surface area contributed by atoms with E-state index in [0.717, 1.165) is 0 Å². The third-order valence-corrected chi connectivity index (χ3v) is 1.80. The van der Waals surface area contributed by atoms with Crippen molar-refractivity contribution in [2.75, 3.05) is 12.3 Å². The van der Waals surface area contributed by atoms with E-state index in [9.17, 15) is 4.79 Å². The van der Waals surface area contributed by atoms with Crippen LogP contribution in [-0.4, -0.2) is 17.7 Å². The molecule has 84 valence electrons. The van der Waals surface area contributed by atoms with E-state index >= 15 is 0 Å². The SMILES string of the molecule is CCOC(=O)CC#Cc1ccc(O)cc1N. The van der Waals surface area contributed by atoms with Gasteiger partial charge in [0, 0.05) is 11.6 Å². The average molecular weight is 219 g/mol. The topological polar surface area (TPSA) is 72.5 Å². The minimum atomic E-state index is -0.354. The van der Waals surface area contributed by atoms with Crippen LogP contribution in [0.2, 0.25) is 0 Å². The molecular weight excluding hydrogens is 206 g/mol. The molecular formula is C12H13NO3. The predicted octanol–water partition coefficient (Wildman–Crippen LogP) is 1.28. The number of benzene rings is 1. The summed E-state index contributed by atoms with van der Waals surface area (Å²) in [5.41, 5.74) is 6.59. The molecule has 0 aliphatic rings. The second-order valence-electron chi connectivity index (χ2n) is 3.06. The van der Waals surface area contributed by atoms with Crippen LogP contribution in [0.15, 0.2) is 18.2 Å². The van der Waals surface area contributed by atoms with Crippen LogP contribution in [0.4, 0.5) is 5.69 Å². The summed E-state index contributed by atoms with van der Waals surface area (Å²) in [5, 5.41) is 9.12. The number of carbonyl (C=O) groups is 1. The van der Waals surface area contributed by atoms with Gasteiger partial charge in [0.15, 0.2) is 0 Å². The summed E-state index contributed by atoms with van der Waals surface area (Å²) >= 11 is 0. The van der Waals surface area contributed by atoms with Gasteiger partial charge >= 0.3 is 5.97 Å². The standard InChI is InChI=1S/C12H13NO3/c1-2-16-12(15)5-3-4-9-6-7-10(14)8-11(9)13/h6-8,14H,2,5,13H2,1H3. The van der Waals surface area contributed by atoms with Gasteiger partial charge in [-0.05, 0) is 19.1 Å². The zero-order chi connectivity index (χ0) is 12.0. The molecule has 0 amide bonds. The lowest BCUT2D eigenvalue weighted by Crippen LogP contribution is -2.01. The Hall–Kier alpha value is -2.15. The van der Waals surface area contributed by atoms with E-state index in [4.69, 9.17) is 15.6 Å². The van der Waals surface area contributed by atoms with Crippen molar-refractivity contribution in [2.45, 2.75) is 13.3 Å². The van der Waals surface area contributed by atoms with Gasteiger partial charge in [-0.1, -0.05) is 11.8 Å². The molecule has 4 heteroatoms. The molecule has 0 unspecified atom stereocenters. The number of aromatic hydroxyl groups is 1. The first-order valence-electron chi connectivity index (χ1n) is 4.86. The van der Waals surface area contributed by atoms with Gasteiger partial charge in [0.1, 0.15) is 12.2 Å². The number of hydrogen-bond donors (Lipinski definition) is 2. The van der Waals surface area contributed by atoms with Gasteiger partial charge in [0.2, 0.25) is 0 Å². The van der Waals surface area contributed by atoms with E-state index in [-0.39, 0.29) is 18.1 Å². The van der Waals surface area contributed by atoms with Crippen LogP contribution in [0, 0.1) is 11.8 Å². The summed E-state index contributed by atoms with van der Waals surface area (Å²) in [6.45, 7) is 2.09. The lowest BCUT2D eigenvalue weighted by molar-refractivity contribution is -0.141. The van der Waals surface area contributed by atoms with E-state index in [1.807, 2.05) is 0 Å². The van der Waals surface area contributed by atoms with Crippen molar-refractivity contribution in [3.63, 3.8) is 0 Å². The lowest BCUT2D eigenvalue weighted by Gasteiger charge is -1.98. The number of phenols is 1. The normalized spacial score (nSPS) is 9.06. The van der Waals surface area contributed by atoms with Gasteiger partial charge < -0.3 is 15.6 Å². The average Bonchev–Trinajstić information content (AvgIpc) is 2.22. The maximum atomic E-state index is 11.0. The number of rotatable bonds is 2. The summed E-state index contributed by atoms with van der Waals surface area (Å²) in [7, 11) is 0. The molecule has 0 saturated carbocycles. The Morgan fingerprint density at radius 1 is 1.56 bits per heavy atom. The van der Waals surface area contributed by atoms with Crippen molar-refractivity contribution in [2.24, 2.45) is 0 Å². The molecule has 0 fully saturated rings. The van der Waals surface area contributed by atoms with Gasteiger partial charge in [-0.15, -0.1) is 0 Å². The zero-order valence-corrected chi connectivity index (χ0v) is 8.99. The van der Waals surface area contributed by atoms with Crippen LogP contribution >= 0.6 is 0 Å². The molecule has 0 spiro atoms. The van der Waals surface area contributed by atoms with Crippen molar-refractivity contribution in [1.29, 1.82) is 0 Å². The van der Waals surface area contributed by atoms with Gasteiger partial charge in [0.05, 0.1) is 12.3 Å². The number of esters is 1. The first-order valence-corrected chi connectivity index (χ1v) is 4.86. The molecule has 1 rings (SSSR count). The quantitative estimate of drug-likeness (QED) is 0.446. The smallest absolute Gasteiger partial charge is 0.317 e. The highest BCUT2D eigenvalue weighted by Gasteiger charge is 1.98. The van der Waals surface area contributed by atoms with E-state index in [2.05, 4.69) is 11.8 Å². The lowest BCUT2D eigenvalue weighted by atomic mass is 10.2. The highest BCUT2D eigenvalue weighted by atomic mass is 16.5. The Morgan fingerprint density at radius 3 is 2.94 bits per heavy atom. The van der Waals surface area contributed by atoms with Crippen molar-refractivity contribution in [3.8, 4) is 17.6 Å². The first kappa shape index (κ1) is 11.9.